The van der Waals surface area contributed by atoms with Crippen molar-refractivity contribution in [3.05, 3.63) is 10.8 Å². The number of thiol groups is 1. The van der Waals surface area contributed by atoms with Crippen LogP contribution < -0.4 is 9.47 Å². The van der Waals surface area contributed by atoms with E-state index in [9.17, 15) is 8.42 Å². The molecule has 116 valence electrons. The van der Waals surface area contributed by atoms with E-state index in [2.05, 4.69) is 0 Å². The van der Waals surface area contributed by atoms with Gasteiger partial charge in [0.25, 0.3) is 11.0 Å². The molecule has 1 aliphatic rings. The van der Waals surface area contributed by atoms with Gasteiger partial charge in [-0.2, -0.15) is 0 Å². The van der Waals surface area contributed by atoms with Crippen LogP contribution in [0.3, 0.4) is 0 Å². The molecule has 0 amide bonds. The average molecular weight is 346 g/mol. The van der Waals surface area contributed by atoms with Crippen molar-refractivity contribution in [3.8, 4) is 11.5 Å². The fourth-order valence-electron chi connectivity index (χ4n) is 1.83. The standard InChI is InChI=1S/C12H18O6S2.Na.H/c1-2-9(18-20(13)14)3-4-15-5-10-6-16-11-7-19-8-12(11)17-10;;/h7-10,20H,2-6H2,1H3;;. The first-order valence-electron chi connectivity index (χ1n) is 6.43. The summed E-state index contributed by atoms with van der Waals surface area (Å²) in [5, 5.41) is 3.80. The van der Waals surface area contributed by atoms with Crippen LogP contribution in [-0.4, -0.2) is 70.0 Å². The summed E-state index contributed by atoms with van der Waals surface area (Å²) in [5.41, 5.74) is 0. The van der Waals surface area contributed by atoms with Gasteiger partial charge in [-0.3, -0.25) is 4.18 Å². The van der Waals surface area contributed by atoms with E-state index in [1.54, 1.807) is 0 Å². The van der Waals surface area contributed by atoms with Gasteiger partial charge in [0.05, 0.1) is 12.7 Å². The third-order valence-electron chi connectivity index (χ3n) is 2.89. The molecule has 0 bridgehead atoms. The van der Waals surface area contributed by atoms with Crippen LogP contribution in [0, 0.1) is 0 Å². The van der Waals surface area contributed by atoms with Gasteiger partial charge >= 0.3 is 29.6 Å². The summed E-state index contributed by atoms with van der Waals surface area (Å²) in [5.74, 6) is 1.54. The molecule has 2 atom stereocenters. The summed E-state index contributed by atoms with van der Waals surface area (Å²) >= 11 is 1.53. The van der Waals surface area contributed by atoms with Gasteiger partial charge in [0.1, 0.15) is 6.61 Å². The van der Waals surface area contributed by atoms with E-state index >= 15 is 0 Å². The van der Waals surface area contributed by atoms with Crippen LogP contribution in [0.4, 0.5) is 0 Å². The van der Waals surface area contributed by atoms with Crippen LogP contribution in [0.1, 0.15) is 19.8 Å². The monoisotopic (exact) mass is 346 g/mol. The van der Waals surface area contributed by atoms with Crippen molar-refractivity contribution in [1.29, 1.82) is 0 Å². The van der Waals surface area contributed by atoms with Crippen LogP contribution in [0.2, 0.25) is 0 Å². The van der Waals surface area contributed by atoms with E-state index in [-0.39, 0.29) is 41.8 Å². The van der Waals surface area contributed by atoms with E-state index in [0.29, 0.717) is 32.7 Å². The molecule has 2 rings (SSSR count). The second-order valence-electron chi connectivity index (χ2n) is 4.37. The maximum atomic E-state index is 10.5. The predicted octanol–water partition coefficient (Wildman–Crippen LogP) is 0.968. The number of fused-ring (bicyclic) bond motifs is 1. The molecule has 1 aromatic heterocycles. The molecule has 0 spiro atoms. The fraction of sp³-hybridized carbons (Fsp3) is 0.667. The molecule has 1 aliphatic heterocycles. The topological polar surface area (TPSA) is 71.1 Å². The Morgan fingerprint density at radius 3 is 2.90 bits per heavy atom. The minimum atomic E-state index is -2.80. The summed E-state index contributed by atoms with van der Waals surface area (Å²) in [4.78, 5) is 0. The van der Waals surface area contributed by atoms with E-state index in [1.165, 1.54) is 11.3 Å². The van der Waals surface area contributed by atoms with Gasteiger partial charge in [-0.1, -0.05) is 6.92 Å². The van der Waals surface area contributed by atoms with Gasteiger partial charge in [0, 0.05) is 17.4 Å². The zero-order chi connectivity index (χ0) is 14.4. The summed E-state index contributed by atoms with van der Waals surface area (Å²) in [7, 11) is -2.80. The Morgan fingerprint density at radius 1 is 1.43 bits per heavy atom. The van der Waals surface area contributed by atoms with Crippen molar-refractivity contribution in [1.82, 2.24) is 0 Å². The second-order valence-corrected chi connectivity index (χ2v) is 5.78. The quantitative estimate of drug-likeness (QED) is 0.430. The zero-order valence-corrected chi connectivity index (χ0v) is 12.9. The van der Waals surface area contributed by atoms with Gasteiger partial charge in [0.15, 0.2) is 17.6 Å². The fourth-order valence-corrected chi connectivity index (χ4v) is 2.99. The molecule has 2 heterocycles. The van der Waals surface area contributed by atoms with E-state index in [1.807, 2.05) is 17.7 Å². The molecule has 0 saturated heterocycles. The number of rotatable bonds is 8. The van der Waals surface area contributed by atoms with E-state index in [0.717, 1.165) is 11.5 Å². The second kappa shape index (κ2) is 10.0. The first kappa shape index (κ1) is 19.2. The third kappa shape index (κ3) is 6.43. The molecular weight excluding hydrogens is 327 g/mol. The van der Waals surface area contributed by atoms with Crippen LogP contribution in [-0.2, 0) is 19.9 Å². The molecule has 6 nitrogen and oxygen atoms in total. The van der Waals surface area contributed by atoms with Crippen LogP contribution in [0.5, 0.6) is 11.5 Å². The van der Waals surface area contributed by atoms with Gasteiger partial charge in [-0.15, -0.1) is 11.3 Å². The SMILES string of the molecule is CCC(CCOCC1COc2cscc2O1)O[SH](=O)=O.[NaH]. The van der Waals surface area contributed by atoms with Crippen molar-refractivity contribution in [3.63, 3.8) is 0 Å². The van der Waals surface area contributed by atoms with Crippen molar-refractivity contribution in [2.45, 2.75) is 32.0 Å². The first-order chi connectivity index (χ1) is 9.69. The molecule has 2 unspecified atom stereocenters. The number of hydrogen-bond acceptors (Lipinski definition) is 7. The van der Waals surface area contributed by atoms with Gasteiger partial charge < -0.3 is 14.2 Å². The summed E-state index contributed by atoms with van der Waals surface area (Å²) in [6.07, 6.45) is 0.725. The molecule has 0 N–H and O–H groups in total. The van der Waals surface area contributed by atoms with Gasteiger partial charge in [-0.05, 0) is 12.8 Å². The Morgan fingerprint density at radius 2 is 2.19 bits per heavy atom. The predicted molar refractivity (Wildman–Crippen MR) is 82.3 cm³/mol. The first-order valence-corrected chi connectivity index (χ1v) is 8.47. The number of hydrogen-bond donors (Lipinski definition) is 1. The van der Waals surface area contributed by atoms with Crippen molar-refractivity contribution in [2.24, 2.45) is 0 Å². The molecule has 0 aliphatic carbocycles. The van der Waals surface area contributed by atoms with Crippen molar-refractivity contribution < 1.29 is 26.8 Å². The molecule has 21 heavy (non-hydrogen) atoms. The summed E-state index contributed by atoms with van der Waals surface area (Å²) in [6.45, 7) is 3.18. The molecule has 1 aromatic rings. The molecule has 0 radical (unpaired) electrons. The third-order valence-corrected chi connectivity index (χ3v) is 4.06. The Hall–Kier alpha value is 0.170. The Labute approximate surface area is 152 Å². The zero-order valence-electron chi connectivity index (χ0n) is 11.1. The maximum absolute atomic E-state index is 10.5. The number of thiophene rings is 1. The van der Waals surface area contributed by atoms with Gasteiger partial charge in [0.2, 0.25) is 0 Å². The summed E-state index contributed by atoms with van der Waals surface area (Å²) < 4.78 is 42.4. The normalized spacial score (nSPS) is 18.3. The molecule has 0 aromatic carbocycles. The Bertz CT molecular complexity index is 482. The van der Waals surface area contributed by atoms with Gasteiger partial charge in [-0.25, -0.2) is 8.42 Å². The van der Waals surface area contributed by atoms with Crippen LogP contribution in [0.15, 0.2) is 10.8 Å². The summed E-state index contributed by atoms with van der Waals surface area (Å²) in [6, 6.07) is 0. The minimum absolute atomic E-state index is 0. The number of ether oxygens (including phenoxy) is 3. The molecule has 0 saturated carbocycles. The molecular formula is C12H19NaO6S2. The van der Waals surface area contributed by atoms with Crippen molar-refractivity contribution >= 4 is 51.9 Å². The molecule has 9 heteroatoms. The van der Waals surface area contributed by atoms with E-state index in [4.69, 9.17) is 18.4 Å². The van der Waals surface area contributed by atoms with E-state index < -0.39 is 11.0 Å². The molecule has 0 fully saturated rings. The Kier molecular flexibility index (Phi) is 9.19. The van der Waals surface area contributed by atoms with Crippen molar-refractivity contribution in [2.75, 3.05) is 19.8 Å². The van der Waals surface area contributed by atoms with Crippen LogP contribution >= 0.6 is 11.3 Å². The average Bonchev–Trinajstić information content (AvgIpc) is 2.89. The Balaban J connectivity index is 0.00000220. The van der Waals surface area contributed by atoms with Crippen LogP contribution in [0.25, 0.3) is 0 Å².